The Hall–Kier alpha value is -4.81. The molecule has 0 radical (unpaired) electrons. The van der Waals surface area contributed by atoms with Crippen molar-refractivity contribution in [2.45, 2.75) is 44.6 Å². The number of rotatable bonds is 13. The van der Waals surface area contributed by atoms with Gasteiger partial charge in [-0.05, 0) is 66.6 Å². The van der Waals surface area contributed by atoms with Crippen LogP contribution in [-0.2, 0) is 22.1 Å². The smallest absolute Gasteiger partial charge is 0.426 e. The first-order valence-corrected chi connectivity index (χ1v) is 12.9. The van der Waals surface area contributed by atoms with E-state index >= 15 is 0 Å². The first-order chi connectivity index (χ1) is 20.2. The highest BCUT2D eigenvalue weighted by molar-refractivity contribution is 5.91. The molecule has 0 amide bonds. The van der Waals surface area contributed by atoms with Crippen LogP contribution in [0, 0.1) is 0 Å². The summed E-state index contributed by atoms with van der Waals surface area (Å²) < 4.78 is 81.1. The van der Waals surface area contributed by atoms with E-state index < -0.39 is 48.9 Å². The highest BCUT2D eigenvalue weighted by atomic mass is 19.4. The van der Waals surface area contributed by atoms with E-state index in [4.69, 9.17) is 30.8 Å². The van der Waals surface area contributed by atoms with E-state index in [1.807, 2.05) is 0 Å². The molecule has 8 nitrogen and oxygen atoms in total. The summed E-state index contributed by atoms with van der Waals surface area (Å²) in [6, 6.07) is 12.2. The van der Waals surface area contributed by atoms with Crippen molar-refractivity contribution >= 4 is 29.4 Å². The van der Waals surface area contributed by atoms with E-state index in [1.54, 1.807) is 6.92 Å². The van der Waals surface area contributed by atoms with Crippen LogP contribution in [0.25, 0.3) is 6.08 Å². The van der Waals surface area contributed by atoms with Crippen LogP contribution in [0.15, 0.2) is 66.7 Å². The molecular formula is C30H29F5N2O6. The Balaban J connectivity index is 1.55. The van der Waals surface area contributed by atoms with Crippen molar-refractivity contribution in [3.8, 4) is 11.5 Å². The van der Waals surface area contributed by atoms with Crippen LogP contribution in [0.5, 0.6) is 11.5 Å². The van der Waals surface area contributed by atoms with Crippen molar-refractivity contribution in [3.63, 3.8) is 0 Å². The zero-order chi connectivity index (χ0) is 31.8. The first-order valence-electron chi connectivity index (χ1n) is 12.9. The molecule has 0 aliphatic rings. The maximum Gasteiger partial charge on any atom is 0.426 e. The largest absolute Gasteiger partial charge is 0.493 e. The number of hydrogen-bond acceptors (Lipinski definition) is 7. The standard InChI is InChI=1S/C30H29F5N2O6/c1-2-21(17-24-25(36)15-19(28(39)40)16-26(24)37)42-27(38)12-5-18-3-8-23(9-4-18)43-30(34,35)20-6-10-22(11-7-20)41-14-13-29(31,32)33/h3-12,15-16,21H,2,13-14,17,36-37H2,1H3,(H,39,40). The van der Waals surface area contributed by atoms with Crippen LogP contribution < -0.4 is 20.9 Å². The number of nitrogen functional groups attached to an aromatic ring is 2. The third kappa shape index (κ3) is 9.90. The molecule has 3 rings (SSSR count). The van der Waals surface area contributed by atoms with E-state index in [9.17, 15) is 31.5 Å². The molecule has 1 atom stereocenters. The number of carbonyl (C=O) groups excluding carboxylic acids is 1. The van der Waals surface area contributed by atoms with E-state index in [-0.39, 0.29) is 34.9 Å². The van der Waals surface area contributed by atoms with Gasteiger partial charge in [0.05, 0.1) is 24.2 Å². The summed E-state index contributed by atoms with van der Waals surface area (Å²) in [7, 11) is 0. The molecule has 3 aromatic rings. The van der Waals surface area contributed by atoms with Crippen molar-refractivity contribution in [1.29, 1.82) is 0 Å². The summed E-state index contributed by atoms with van der Waals surface area (Å²) in [6.45, 7) is 1.15. The monoisotopic (exact) mass is 608 g/mol. The van der Waals surface area contributed by atoms with E-state index in [0.29, 0.717) is 17.5 Å². The van der Waals surface area contributed by atoms with Gasteiger partial charge in [0.15, 0.2) is 0 Å². The zero-order valence-corrected chi connectivity index (χ0v) is 22.9. The van der Waals surface area contributed by atoms with Crippen molar-refractivity contribution in [2.75, 3.05) is 18.1 Å². The number of carboxylic acid groups (broad SMARTS) is 1. The van der Waals surface area contributed by atoms with Crippen LogP contribution in [0.1, 0.15) is 46.8 Å². The number of hydrogen-bond donors (Lipinski definition) is 3. The van der Waals surface area contributed by atoms with Gasteiger partial charge in [-0.3, -0.25) is 0 Å². The SMILES string of the molecule is CCC(Cc1c(N)cc(C(=O)O)cc1N)OC(=O)C=Cc1ccc(OC(F)(F)c2ccc(OCCC(F)(F)F)cc2)cc1. The number of ether oxygens (including phenoxy) is 3. The van der Waals surface area contributed by atoms with E-state index in [0.717, 1.165) is 30.3 Å². The lowest BCUT2D eigenvalue weighted by molar-refractivity contribution is -0.185. The van der Waals surface area contributed by atoms with Crippen molar-refractivity contribution in [3.05, 3.63) is 89.0 Å². The summed E-state index contributed by atoms with van der Waals surface area (Å²) in [5.74, 6) is -2.02. The van der Waals surface area contributed by atoms with Gasteiger partial charge < -0.3 is 30.8 Å². The number of esters is 1. The second-order valence-corrected chi connectivity index (χ2v) is 9.37. The van der Waals surface area contributed by atoms with Gasteiger partial charge in [0.1, 0.15) is 17.6 Å². The van der Waals surface area contributed by atoms with Gasteiger partial charge in [0.25, 0.3) is 0 Å². The van der Waals surface area contributed by atoms with Crippen LogP contribution in [0.3, 0.4) is 0 Å². The van der Waals surface area contributed by atoms with E-state index in [2.05, 4.69) is 0 Å². The number of carboxylic acids is 1. The number of benzene rings is 3. The molecule has 0 bridgehead atoms. The fourth-order valence-corrected chi connectivity index (χ4v) is 3.83. The number of carbonyl (C=O) groups is 2. The Bertz CT molecular complexity index is 1420. The highest BCUT2D eigenvalue weighted by Crippen LogP contribution is 2.33. The van der Waals surface area contributed by atoms with Gasteiger partial charge in [-0.15, -0.1) is 0 Å². The Morgan fingerprint density at radius 3 is 2.05 bits per heavy atom. The van der Waals surface area contributed by atoms with Gasteiger partial charge in [-0.25, -0.2) is 9.59 Å². The third-order valence-corrected chi connectivity index (χ3v) is 6.12. The van der Waals surface area contributed by atoms with Gasteiger partial charge in [-0.1, -0.05) is 19.1 Å². The molecule has 0 aliphatic heterocycles. The highest BCUT2D eigenvalue weighted by Gasteiger charge is 2.34. The first kappa shape index (κ1) is 32.7. The summed E-state index contributed by atoms with van der Waals surface area (Å²) in [4.78, 5) is 23.6. The fourth-order valence-electron chi connectivity index (χ4n) is 3.83. The molecule has 0 spiro atoms. The number of alkyl halides is 5. The van der Waals surface area contributed by atoms with Gasteiger partial charge in [-0.2, -0.15) is 22.0 Å². The zero-order valence-electron chi connectivity index (χ0n) is 22.9. The lowest BCUT2D eigenvalue weighted by Crippen LogP contribution is -2.21. The van der Waals surface area contributed by atoms with Crippen LogP contribution >= 0.6 is 0 Å². The lowest BCUT2D eigenvalue weighted by Gasteiger charge is -2.19. The Labute approximate surface area is 243 Å². The number of nitrogens with two attached hydrogens (primary N) is 2. The van der Waals surface area contributed by atoms with Gasteiger partial charge >= 0.3 is 24.2 Å². The predicted molar refractivity (Wildman–Crippen MR) is 149 cm³/mol. The third-order valence-electron chi connectivity index (χ3n) is 6.12. The topological polar surface area (TPSA) is 134 Å². The molecule has 0 aromatic heterocycles. The molecule has 230 valence electrons. The maximum absolute atomic E-state index is 14.6. The lowest BCUT2D eigenvalue weighted by atomic mass is 10.00. The molecule has 5 N–H and O–H groups in total. The average Bonchev–Trinajstić information content (AvgIpc) is 2.93. The molecule has 0 saturated heterocycles. The van der Waals surface area contributed by atoms with Crippen LogP contribution in [0.4, 0.5) is 33.3 Å². The minimum absolute atomic E-state index is 0.00591. The van der Waals surface area contributed by atoms with Gasteiger partial charge in [0.2, 0.25) is 0 Å². The summed E-state index contributed by atoms with van der Waals surface area (Å²) in [5, 5.41) is 9.13. The number of halogens is 5. The summed E-state index contributed by atoms with van der Waals surface area (Å²) in [6.07, 6.45) is -6.74. The second-order valence-electron chi connectivity index (χ2n) is 9.37. The molecular weight excluding hydrogens is 579 g/mol. The Morgan fingerprint density at radius 2 is 1.51 bits per heavy atom. The molecule has 0 saturated carbocycles. The minimum atomic E-state index is -4.39. The van der Waals surface area contributed by atoms with Crippen LogP contribution in [-0.4, -0.2) is 35.9 Å². The molecule has 3 aromatic carbocycles. The van der Waals surface area contributed by atoms with Crippen molar-refractivity contribution in [2.24, 2.45) is 0 Å². The fraction of sp³-hybridized carbons (Fsp3) is 0.267. The number of aromatic carboxylic acids is 1. The van der Waals surface area contributed by atoms with Crippen molar-refractivity contribution in [1.82, 2.24) is 0 Å². The minimum Gasteiger partial charge on any atom is -0.493 e. The maximum atomic E-state index is 14.6. The van der Waals surface area contributed by atoms with Crippen molar-refractivity contribution < 1.29 is 50.9 Å². The quantitative estimate of drug-likeness (QED) is 0.0857. The molecule has 1 unspecified atom stereocenters. The molecule has 0 heterocycles. The molecule has 13 heteroatoms. The number of anilines is 2. The average molecular weight is 609 g/mol. The normalized spacial score (nSPS) is 12.6. The predicted octanol–water partition coefficient (Wildman–Crippen LogP) is 6.59. The molecule has 0 fully saturated rings. The molecule has 43 heavy (non-hydrogen) atoms. The Morgan fingerprint density at radius 1 is 0.930 bits per heavy atom. The van der Waals surface area contributed by atoms with E-state index in [1.165, 1.54) is 42.5 Å². The Kier molecular flexibility index (Phi) is 10.6. The summed E-state index contributed by atoms with van der Waals surface area (Å²) >= 11 is 0. The summed E-state index contributed by atoms with van der Waals surface area (Å²) in [5.41, 5.74) is 12.6. The second kappa shape index (κ2) is 13.9. The molecule has 0 aliphatic carbocycles. The van der Waals surface area contributed by atoms with Crippen LogP contribution in [0.2, 0.25) is 0 Å². The van der Waals surface area contributed by atoms with Gasteiger partial charge in [0, 0.05) is 29.4 Å².